The van der Waals surface area contributed by atoms with Crippen molar-refractivity contribution in [1.82, 2.24) is 9.80 Å². The van der Waals surface area contributed by atoms with Gasteiger partial charge in [0.2, 0.25) is 0 Å². The summed E-state index contributed by atoms with van der Waals surface area (Å²) in [5.41, 5.74) is 4.52. The lowest BCUT2D eigenvalue weighted by molar-refractivity contribution is 0.0773. The molecule has 2 aliphatic heterocycles. The average molecular weight is 572 g/mol. The number of hydrogen-bond acceptors (Lipinski definition) is 3. The molecule has 1 spiro atoms. The summed E-state index contributed by atoms with van der Waals surface area (Å²) >= 11 is 12.8. The van der Waals surface area contributed by atoms with Crippen molar-refractivity contribution in [1.29, 1.82) is 0 Å². The molecule has 1 saturated heterocycles. The molecule has 0 saturated carbocycles. The molecule has 2 heterocycles. The Morgan fingerprint density at radius 3 is 2.53 bits per heavy atom. The number of piperidine rings is 1. The number of allylic oxidation sites excluding steroid dienone is 3. The van der Waals surface area contributed by atoms with Crippen LogP contribution in [0.3, 0.4) is 0 Å². The predicted octanol–water partition coefficient (Wildman–Crippen LogP) is 5.77. The number of carbonyl (C=O) groups is 1. The first-order valence-electron chi connectivity index (χ1n) is 13.6. The van der Waals surface area contributed by atoms with Gasteiger partial charge in [-0.3, -0.25) is 9.00 Å². The maximum absolute atomic E-state index is 13.3. The highest BCUT2D eigenvalue weighted by Gasteiger charge is 2.44. The first kappa shape index (κ1) is 27.6. The summed E-state index contributed by atoms with van der Waals surface area (Å²) in [6.45, 7) is 3.39. The van der Waals surface area contributed by atoms with Crippen LogP contribution in [0.15, 0.2) is 78.4 Å². The maximum atomic E-state index is 13.3. The lowest BCUT2D eigenvalue weighted by Crippen LogP contribution is -2.48. The first-order valence-corrected chi connectivity index (χ1v) is 15.7. The third kappa shape index (κ3) is 5.82. The minimum absolute atomic E-state index is 0.0204. The number of carbonyl (C=O) groups excluding carboxylic acids is 1. The van der Waals surface area contributed by atoms with Gasteiger partial charge in [0.15, 0.2) is 0 Å². The van der Waals surface area contributed by atoms with Crippen molar-refractivity contribution in [3.8, 4) is 0 Å². The molecule has 2 aromatic carbocycles. The van der Waals surface area contributed by atoms with E-state index in [1.54, 1.807) is 0 Å². The smallest absolute Gasteiger partial charge is 0.253 e. The van der Waals surface area contributed by atoms with Crippen molar-refractivity contribution in [2.45, 2.75) is 41.2 Å². The molecule has 38 heavy (non-hydrogen) atoms. The summed E-state index contributed by atoms with van der Waals surface area (Å²) in [5, 5.41) is -0.479. The van der Waals surface area contributed by atoms with Gasteiger partial charge in [0.1, 0.15) is 0 Å². The molecule has 202 valence electrons. The molecule has 0 bridgehead atoms. The van der Waals surface area contributed by atoms with Crippen molar-refractivity contribution < 1.29 is 9.00 Å². The third-order valence-corrected chi connectivity index (χ3v) is 11.4. The van der Waals surface area contributed by atoms with Crippen molar-refractivity contribution in [2.75, 3.05) is 39.0 Å². The molecular formula is C31H36Cl2N2O2S. The van der Waals surface area contributed by atoms with Gasteiger partial charge in [0.05, 0.1) is 15.5 Å². The van der Waals surface area contributed by atoms with Crippen molar-refractivity contribution in [3.63, 3.8) is 0 Å². The second kappa shape index (κ2) is 12.1. The van der Waals surface area contributed by atoms with Crippen LogP contribution >= 0.6 is 23.2 Å². The summed E-state index contributed by atoms with van der Waals surface area (Å²) in [6.07, 6.45) is 9.76. The van der Waals surface area contributed by atoms with Crippen LogP contribution < -0.4 is 0 Å². The van der Waals surface area contributed by atoms with Gasteiger partial charge in [0, 0.05) is 41.6 Å². The van der Waals surface area contributed by atoms with E-state index in [0.29, 0.717) is 12.1 Å². The summed E-state index contributed by atoms with van der Waals surface area (Å²) in [4.78, 5) is 17.4. The van der Waals surface area contributed by atoms with E-state index in [9.17, 15) is 9.00 Å². The van der Waals surface area contributed by atoms with Crippen LogP contribution in [0.4, 0.5) is 0 Å². The molecule has 4 atom stereocenters. The highest BCUT2D eigenvalue weighted by atomic mass is 35.5. The van der Waals surface area contributed by atoms with Gasteiger partial charge in [-0.25, -0.2) is 0 Å². The summed E-state index contributed by atoms with van der Waals surface area (Å²) < 4.78 is 13.1. The van der Waals surface area contributed by atoms with Gasteiger partial charge >= 0.3 is 0 Å². The molecule has 0 radical (unpaired) electrons. The number of benzene rings is 2. The Morgan fingerprint density at radius 2 is 1.79 bits per heavy atom. The number of amides is 1. The molecular weight excluding hydrogens is 535 g/mol. The lowest BCUT2D eigenvalue weighted by Gasteiger charge is -2.44. The van der Waals surface area contributed by atoms with Crippen molar-refractivity contribution in [2.24, 2.45) is 5.92 Å². The zero-order chi connectivity index (χ0) is 26.7. The second-order valence-electron chi connectivity index (χ2n) is 10.7. The van der Waals surface area contributed by atoms with Crippen LogP contribution in [-0.4, -0.2) is 69.6 Å². The first-order chi connectivity index (χ1) is 18.4. The van der Waals surface area contributed by atoms with Gasteiger partial charge in [-0.2, -0.15) is 0 Å². The van der Waals surface area contributed by atoms with E-state index in [0.717, 1.165) is 56.6 Å². The summed E-state index contributed by atoms with van der Waals surface area (Å²) in [7, 11) is 1.04. The van der Waals surface area contributed by atoms with Gasteiger partial charge in [-0.15, -0.1) is 23.2 Å². The SMILES string of the molecule is CN(CC(CCN1CCC2(CC1)c1ccccc1CCS2=O)C1=CC(Cl)C(Cl)C=C1)C(=O)c1ccccc1. The number of rotatable bonds is 7. The number of hydrogen-bond donors (Lipinski definition) is 0. The summed E-state index contributed by atoms with van der Waals surface area (Å²) in [5.74, 6) is 0.935. The van der Waals surface area contributed by atoms with Gasteiger partial charge in [0.25, 0.3) is 5.91 Å². The second-order valence-corrected chi connectivity index (χ2v) is 13.6. The minimum atomic E-state index is -0.833. The fourth-order valence-electron chi connectivity index (χ4n) is 6.17. The number of halogens is 2. The monoisotopic (exact) mass is 570 g/mol. The van der Waals surface area contributed by atoms with E-state index in [1.165, 1.54) is 11.1 Å². The van der Waals surface area contributed by atoms with Crippen LogP contribution in [0.25, 0.3) is 0 Å². The van der Waals surface area contributed by atoms with Crippen LogP contribution in [0.2, 0.25) is 0 Å². The Labute approximate surface area is 239 Å². The molecule has 4 nitrogen and oxygen atoms in total. The maximum Gasteiger partial charge on any atom is 0.253 e. The number of likely N-dealkylation sites (tertiary alicyclic amines) is 1. The van der Waals surface area contributed by atoms with E-state index < -0.39 is 10.8 Å². The van der Waals surface area contributed by atoms with Gasteiger partial charge < -0.3 is 9.80 Å². The molecule has 1 fully saturated rings. The Morgan fingerprint density at radius 1 is 1.08 bits per heavy atom. The molecule has 3 aliphatic rings. The molecule has 4 unspecified atom stereocenters. The molecule has 1 amide bonds. The van der Waals surface area contributed by atoms with Gasteiger partial charge in [-0.1, -0.05) is 60.7 Å². The zero-order valence-corrected chi connectivity index (χ0v) is 24.2. The van der Waals surface area contributed by atoms with Crippen LogP contribution in [0.1, 0.15) is 40.7 Å². The Balaban J connectivity index is 1.26. The van der Waals surface area contributed by atoms with Crippen LogP contribution in [-0.2, 0) is 22.0 Å². The molecule has 0 N–H and O–H groups in total. The Kier molecular flexibility index (Phi) is 8.79. The Bertz CT molecular complexity index is 1220. The molecule has 2 aromatic rings. The van der Waals surface area contributed by atoms with Crippen LogP contribution in [0.5, 0.6) is 0 Å². The standard InChI is InChI=1S/C31H36Cl2N2O2S/c1-34(30(36)24-8-3-2-4-9-24)22-26(25-11-12-28(32)29(33)21-25)13-17-35-18-15-31(16-19-35)27-10-6-5-7-23(27)14-20-38(31)37/h2-12,21,26,28-29H,13-20,22H2,1H3. The van der Waals surface area contributed by atoms with Crippen molar-refractivity contribution >= 4 is 39.9 Å². The van der Waals surface area contributed by atoms with Crippen LogP contribution in [0, 0.1) is 5.92 Å². The fraction of sp³-hybridized carbons (Fsp3) is 0.452. The van der Waals surface area contributed by atoms with E-state index in [2.05, 4.69) is 41.3 Å². The quantitative estimate of drug-likeness (QED) is 0.396. The largest absolute Gasteiger partial charge is 0.341 e. The van der Waals surface area contributed by atoms with E-state index in [4.69, 9.17) is 23.2 Å². The average Bonchev–Trinajstić information content (AvgIpc) is 2.95. The summed E-state index contributed by atoms with van der Waals surface area (Å²) in [6, 6.07) is 18.0. The molecule has 7 heteroatoms. The minimum Gasteiger partial charge on any atom is -0.341 e. The molecule has 1 aliphatic carbocycles. The fourth-order valence-corrected chi connectivity index (χ4v) is 8.42. The Hall–Kier alpha value is -1.92. The third-order valence-electron chi connectivity index (χ3n) is 8.42. The molecule has 0 aromatic heterocycles. The number of fused-ring (bicyclic) bond motifs is 2. The number of alkyl halides is 2. The van der Waals surface area contributed by atoms with Gasteiger partial charge in [-0.05, 0) is 74.2 Å². The number of nitrogens with zero attached hydrogens (tertiary/aromatic N) is 2. The normalized spacial score (nSPS) is 25.4. The highest BCUT2D eigenvalue weighted by Crippen LogP contribution is 2.43. The van der Waals surface area contributed by atoms with E-state index in [-0.39, 0.29) is 27.3 Å². The predicted molar refractivity (Wildman–Crippen MR) is 159 cm³/mol. The molecule has 5 rings (SSSR count). The van der Waals surface area contributed by atoms with E-state index in [1.807, 2.05) is 48.4 Å². The van der Waals surface area contributed by atoms with E-state index >= 15 is 0 Å². The lowest BCUT2D eigenvalue weighted by atomic mass is 9.84. The van der Waals surface area contributed by atoms with Crippen molar-refractivity contribution in [3.05, 3.63) is 95.1 Å². The zero-order valence-electron chi connectivity index (χ0n) is 21.9. The topological polar surface area (TPSA) is 40.6 Å². The number of aryl methyl sites for hydroxylation is 1. The highest BCUT2D eigenvalue weighted by molar-refractivity contribution is 7.86.